The average Bonchev–Trinajstić information content (AvgIpc) is 3.48. The quantitative estimate of drug-likeness (QED) is 0.154. The molecule has 0 radical (unpaired) electrons. The third kappa shape index (κ3) is 12.2. The third-order valence-corrected chi connectivity index (χ3v) is 8.00. The summed E-state index contributed by atoms with van der Waals surface area (Å²) in [6.07, 6.45) is 13.7. The topological polar surface area (TPSA) is 68.2 Å². The molecule has 5 nitrogen and oxygen atoms in total. The molecule has 0 aromatic heterocycles. The van der Waals surface area contributed by atoms with Gasteiger partial charge in [0.25, 0.3) is 0 Å². The number of aliphatic hydroxyl groups excluding tert-OH is 2. The second-order valence-corrected chi connectivity index (χ2v) is 11.5. The van der Waals surface area contributed by atoms with Gasteiger partial charge in [0.2, 0.25) is 0 Å². The predicted molar refractivity (Wildman–Crippen MR) is 163 cm³/mol. The summed E-state index contributed by atoms with van der Waals surface area (Å²) in [5.41, 5.74) is 2.73. The molecule has 1 aliphatic heterocycles. The van der Waals surface area contributed by atoms with Gasteiger partial charge in [0.05, 0.1) is 37.6 Å². The van der Waals surface area contributed by atoms with Gasteiger partial charge in [-0.2, -0.15) is 0 Å². The van der Waals surface area contributed by atoms with Gasteiger partial charge in [0.1, 0.15) is 11.5 Å². The Kier molecular flexibility index (Phi) is 15.5. The van der Waals surface area contributed by atoms with Gasteiger partial charge >= 0.3 is 0 Å². The molecule has 40 heavy (non-hydrogen) atoms. The first-order valence-corrected chi connectivity index (χ1v) is 16.0. The molecule has 0 unspecified atom stereocenters. The van der Waals surface area contributed by atoms with Crippen molar-refractivity contribution < 1.29 is 24.4 Å². The lowest BCUT2D eigenvalue weighted by atomic mass is 10.0. The minimum Gasteiger partial charge on any atom is -0.494 e. The highest BCUT2D eigenvalue weighted by Gasteiger charge is 2.34. The van der Waals surface area contributed by atoms with Crippen LogP contribution in [0.2, 0.25) is 0 Å². The normalized spacial score (nSPS) is 18.5. The first kappa shape index (κ1) is 32.4. The van der Waals surface area contributed by atoms with Crippen LogP contribution in [0.15, 0.2) is 48.5 Å². The zero-order chi connectivity index (χ0) is 28.4. The van der Waals surface area contributed by atoms with Crippen LogP contribution in [0.1, 0.15) is 108 Å². The number of aryl methyl sites for hydroxylation is 2. The van der Waals surface area contributed by atoms with E-state index >= 15 is 0 Å². The fraction of sp³-hybridized carbons (Fsp3) is 0.657. The molecule has 0 saturated carbocycles. The van der Waals surface area contributed by atoms with Gasteiger partial charge < -0.3 is 24.4 Å². The Morgan fingerprint density at radius 3 is 1.50 bits per heavy atom. The maximum atomic E-state index is 10.6. The summed E-state index contributed by atoms with van der Waals surface area (Å²) in [6.45, 7) is 5.79. The lowest BCUT2D eigenvalue weighted by molar-refractivity contribution is -0.0786. The lowest BCUT2D eigenvalue weighted by Gasteiger charge is -2.22. The molecule has 2 aromatic carbocycles. The van der Waals surface area contributed by atoms with Crippen LogP contribution in [0.4, 0.5) is 0 Å². The van der Waals surface area contributed by atoms with Crippen molar-refractivity contribution in [2.75, 3.05) is 13.2 Å². The van der Waals surface area contributed by atoms with E-state index in [4.69, 9.17) is 14.2 Å². The summed E-state index contributed by atoms with van der Waals surface area (Å²) in [5.74, 6) is 1.85. The van der Waals surface area contributed by atoms with Gasteiger partial charge in [-0.1, -0.05) is 57.4 Å². The van der Waals surface area contributed by atoms with E-state index < -0.39 is 12.2 Å². The summed E-state index contributed by atoms with van der Waals surface area (Å²) in [5, 5.41) is 21.3. The number of rotatable bonds is 21. The molecule has 2 aromatic rings. The fourth-order valence-electron chi connectivity index (χ4n) is 5.36. The summed E-state index contributed by atoms with van der Waals surface area (Å²) < 4.78 is 17.8. The fourth-order valence-corrected chi connectivity index (χ4v) is 5.36. The maximum Gasteiger partial charge on any atom is 0.119 e. The predicted octanol–water partition coefficient (Wildman–Crippen LogP) is 7.83. The molecule has 5 heteroatoms. The summed E-state index contributed by atoms with van der Waals surface area (Å²) >= 11 is 0. The molecule has 0 spiro atoms. The molecule has 1 saturated heterocycles. The van der Waals surface area contributed by atoms with Gasteiger partial charge in [-0.3, -0.25) is 0 Å². The van der Waals surface area contributed by atoms with Gasteiger partial charge in [0.15, 0.2) is 0 Å². The highest BCUT2D eigenvalue weighted by Crippen LogP contribution is 2.28. The average molecular weight is 555 g/mol. The van der Waals surface area contributed by atoms with Crippen molar-refractivity contribution in [2.24, 2.45) is 0 Å². The summed E-state index contributed by atoms with van der Waals surface area (Å²) in [6, 6.07) is 16.9. The molecule has 1 fully saturated rings. The van der Waals surface area contributed by atoms with Gasteiger partial charge in [-0.25, -0.2) is 0 Å². The zero-order valence-corrected chi connectivity index (χ0v) is 25.1. The van der Waals surface area contributed by atoms with Gasteiger partial charge in [-0.05, 0) is 112 Å². The van der Waals surface area contributed by atoms with Crippen LogP contribution in [-0.2, 0) is 17.6 Å². The van der Waals surface area contributed by atoms with E-state index in [9.17, 15) is 10.2 Å². The van der Waals surface area contributed by atoms with E-state index in [0.29, 0.717) is 19.6 Å². The van der Waals surface area contributed by atoms with E-state index in [1.165, 1.54) is 36.8 Å². The van der Waals surface area contributed by atoms with E-state index in [2.05, 4.69) is 62.4 Å². The minimum atomic E-state index is -0.479. The van der Waals surface area contributed by atoms with Crippen LogP contribution in [0.5, 0.6) is 11.5 Å². The Morgan fingerprint density at radius 1 is 0.625 bits per heavy atom. The molecule has 0 amide bonds. The number of ether oxygens (including phenoxy) is 3. The molecular formula is C35H54O5. The van der Waals surface area contributed by atoms with Gasteiger partial charge in [-0.15, -0.1) is 0 Å². The maximum absolute atomic E-state index is 10.6. The third-order valence-electron chi connectivity index (χ3n) is 8.00. The second-order valence-electron chi connectivity index (χ2n) is 11.5. The Morgan fingerprint density at radius 2 is 1.05 bits per heavy atom. The molecule has 0 bridgehead atoms. The van der Waals surface area contributed by atoms with Crippen molar-refractivity contribution >= 4 is 0 Å². The molecule has 224 valence electrons. The molecule has 1 aliphatic rings. The summed E-state index contributed by atoms with van der Waals surface area (Å²) in [7, 11) is 0. The van der Waals surface area contributed by atoms with Crippen LogP contribution < -0.4 is 9.47 Å². The van der Waals surface area contributed by atoms with E-state index in [1.807, 2.05) is 0 Å². The summed E-state index contributed by atoms with van der Waals surface area (Å²) in [4.78, 5) is 0. The van der Waals surface area contributed by atoms with E-state index in [0.717, 1.165) is 75.7 Å². The molecular weight excluding hydrogens is 500 g/mol. The Labute approximate surface area is 243 Å². The van der Waals surface area contributed by atoms with E-state index in [1.54, 1.807) is 0 Å². The number of benzene rings is 2. The molecule has 3 rings (SSSR count). The first-order chi connectivity index (χ1) is 19.6. The van der Waals surface area contributed by atoms with Crippen molar-refractivity contribution in [1.82, 2.24) is 0 Å². The van der Waals surface area contributed by atoms with Crippen molar-refractivity contribution in [3.63, 3.8) is 0 Å². The number of hydrogen-bond acceptors (Lipinski definition) is 5. The Balaban J connectivity index is 1.19. The first-order valence-electron chi connectivity index (χ1n) is 16.0. The Bertz CT molecular complexity index is 897. The van der Waals surface area contributed by atoms with Crippen molar-refractivity contribution in [3.8, 4) is 11.5 Å². The van der Waals surface area contributed by atoms with Crippen LogP contribution in [0.25, 0.3) is 0 Å². The zero-order valence-electron chi connectivity index (χ0n) is 25.1. The number of aliphatic hydroxyl groups is 2. The van der Waals surface area contributed by atoms with Crippen LogP contribution >= 0.6 is 0 Å². The largest absolute Gasteiger partial charge is 0.494 e. The highest BCUT2D eigenvalue weighted by molar-refractivity contribution is 5.28. The highest BCUT2D eigenvalue weighted by atomic mass is 16.5. The SMILES string of the molecule is CCCCc1ccc(OCCCCC[C@@H](O)[C@H]2CC[C@H]([C@H](O)CCCCOc3ccc(CCCC)cc3)O2)cc1. The van der Waals surface area contributed by atoms with Crippen LogP contribution in [-0.4, -0.2) is 47.8 Å². The molecule has 0 aliphatic carbocycles. The number of unbranched alkanes of at least 4 members (excludes halogenated alkanes) is 5. The number of hydrogen-bond donors (Lipinski definition) is 2. The Hall–Kier alpha value is -2.08. The van der Waals surface area contributed by atoms with Crippen molar-refractivity contribution in [1.29, 1.82) is 0 Å². The van der Waals surface area contributed by atoms with Crippen LogP contribution in [0.3, 0.4) is 0 Å². The molecule has 4 atom stereocenters. The molecule has 2 N–H and O–H groups in total. The minimum absolute atomic E-state index is 0.161. The standard InChI is InChI=1S/C35H54O5/c1-3-5-12-28-16-20-30(21-17-28)38-26-10-7-8-14-32(36)34-24-25-35(40-34)33(37)15-9-11-27-39-31-22-18-29(19-23-31)13-6-4-2/h16-23,32-37H,3-15,24-27H2,1-2H3/t32-,33-,34-,35-/m1/s1. The smallest absolute Gasteiger partial charge is 0.119 e. The molecule has 1 heterocycles. The van der Waals surface area contributed by atoms with Crippen LogP contribution in [0, 0.1) is 0 Å². The lowest BCUT2D eigenvalue weighted by Crippen LogP contribution is -2.31. The van der Waals surface area contributed by atoms with E-state index in [-0.39, 0.29) is 12.2 Å². The monoisotopic (exact) mass is 554 g/mol. The second kappa shape index (κ2) is 19.1. The van der Waals surface area contributed by atoms with Gasteiger partial charge in [0, 0.05) is 0 Å². The van der Waals surface area contributed by atoms with Crippen molar-refractivity contribution in [2.45, 2.75) is 135 Å². The van der Waals surface area contributed by atoms with Crippen molar-refractivity contribution in [3.05, 3.63) is 59.7 Å².